The number of aromatic nitrogens is 1. The first kappa shape index (κ1) is 27.0. The monoisotopic (exact) mass is 674 g/mol. The Morgan fingerprint density at radius 3 is 2.02 bits per heavy atom. The van der Waals surface area contributed by atoms with Gasteiger partial charge in [-0.2, -0.15) is 0 Å². The second-order valence-corrected chi connectivity index (χ2v) is 15.1. The van der Waals surface area contributed by atoms with Crippen LogP contribution in [0.3, 0.4) is 0 Å². The lowest BCUT2D eigenvalue weighted by Gasteiger charge is -2.44. The van der Waals surface area contributed by atoms with Crippen molar-refractivity contribution in [3.8, 4) is 15.4 Å². The van der Waals surface area contributed by atoms with Gasteiger partial charge in [-0.15, -0.1) is 22.7 Å². The molecule has 1 aliphatic heterocycles. The van der Waals surface area contributed by atoms with E-state index in [-0.39, 0.29) is 0 Å². The van der Waals surface area contributed by atoms with Gasteiger partial charge in [-0.25, -0.2) is 0 Å². The molecule has 0 unspecified atom stereocenters. The summed E-state index contributed by atoms with van der Waals surface area (Å²) in [5, 5.41) is 9.36. The van der Waals surface area contributed by atoms with Gasteiger partial charge in [0.15, 0.2) is 0 Å². The number of hydrogen-bond donors (Lipinski definition) is 0. The van der Waals surface area contributed by atoms with Crippen LogP contribution in [0.1, 0.15) is 22.3 Å². The number of rotatable bonds is 2. The third-order valence-electron chi connectivity index (χ3n) is 11.0. The number of anilines is 3. The van der Waals surface area contributed by atoms with Crippen molar-refractivity contribution in [2.75, 3.05) is 4.90 Å². The predicted octanol–water partition coefficient (Wildman–Crippen LogP) is 13.0. The fourth-order valence-electron chi connectivity index (χ4n) is 9.12. The van der Waals surface area contributed by atoms with Gasteiger partial charge in [-0.05, 0) is 100 Å². The van der Waals surface area contributed by atoms with Crippen LogP contribution in [-0.4, -0.2) is 4.57 Å². The van der Waals surface area contributed by atoms with Gasteiger partial charge in [0.25, 0.3) is 0 Å². The van der Waals surface area contributed by atoms with E-state index in [0.717, 1.165) is 27.9 Å². The molecule has 0 saturated heterocycles. The zero-order valence-electron chi connectivity index (χ0n) is 26.6. The molecule has 0 N–H and O–H groups in total. The molecule has 12 rings (SSSR count). The predicted molar refractivity (Wildman–Crippen MR) is 209 cm³/mol. The highest BCUT2D eigenvalue weighted by Gasteiger charge is 2.54. The van der Waals surface area contributed by atoms with Crippen LogP contribution in [0.15, 0.2) is 161 Å². The maximum atomic E-state index is 6.62. The number of para-hydroxylation sites is 4. The normalized spacial score (nSPS) is 14.1. The minimum Gasteiger partial charge on any atom is -0.456 e. The molecular formula is C45H26N2OS2. The Morgan fingerprint density at radius 2 is 1.18 bits per heavy atom. The SMILES string of the molecule is c1ccc(-n2c3ccccc3c3cc(N4c5ccccc5C5(c6ccsc6-c6sccc65)c5c4ccc4oc6ccccc6c54)ccc32)cc1. The van der Waals surface area contributed by atoms with E-state index in [9.17, 15) is 0 Å². The first-order valence-corrected chi connectivity index (χ1v) is 18.7. The second kappa shape index (κ2) is 9.63. The zero-order valence-corrected chi connectivity index (χ0v) is 28.3. The summed E-state index contributed by atoms with van der Waals surface area (Å²) in [7, 11) is 0. The molecule has 234 valence electrons. The van der Waals surface area contributed by atoms with Crippen molar-refractivity contribution in [3.63, 3.8) is 0 Å². The van der Waals surface area contributed by atoms with Gasteiger partial charge >= 0.3 is 0 Å². The highest BCUT2D eigenvalue weighted by Crippen LogP contribution is 2.67. The number of benzene rings is 6. The van der Waals surface area contributed by atoms with Gasteiger partial charge in [0.2, 0.25) is 0 Å². The molecule has 1 spiro atoms. The minimum absolute atomic E-state index is 0.479. The Hall–Kier alpha value is -5.88. The summed E-state index contributed by atoms with van der Waals surface area (Å²) < 4.78 is 9.01. The molecule has 0 saturated carbocycles. The quantitative estimate of drug-likeness (QED) is 0.182. The zero-order chi connectivity index (χ0) is 32.6. The largest absolute Gasteiger partial charge is 0.456 e. The van der Waals surface area contributed by atoms with Gasteiger partial charge in [-0.1, -0.05) is 72.8 Å². The summed E-state index contributed by atoms with van der Waals surface area (Å²) in [6.07, 6.45) is 0. The molecule has 4 aromatic heterocycles. The highest BCUT2D eigenvalue weighted by atomic mass is 32.1. The van der Waals surface area contributed by atoms with Crippen molar-refractivity contribution in [3.05, 3.63) is 179 Å². The molecule has 2 aliphatic rings. The summed E-state index contributed by atoms with van der Waals surface area (Å²) >= 11 is 3.72. The van der Waals surface area contributed by atoms with Crippen LogP contribution in [0.5, 0.6) is 0 Å². The maximum absolute atomic E-state index is 6.62. The van der Waals surface area contributed by atoms with E-state index in [1.807, 2.05) is 22.7 Å². The Labute approximate surface area is 295 Å². The van der Waals surface area contributed by atoms with E-state index in [0.29, 0.717) is 0 Å². The van der Waals surface area contributed by atoms with Crippen LogP contribution in [0, 0.1) is 0 Å². The first-order valence-electron chi connectivity index (χ1n) is 16.9. The fourth-order valence-corrected chi connectivity index (χ4v) is 11.2. The summed E-state index contributed by atoms with van der Waals surface area (Å²) in [6.45, 7) is 0. The maximum Gasteiger partial charge on any atom is 0.135 e. The first-order chi connectivity index (χ1) is 24.8. The summed E-state index contributed by atoms with van der Waals surface area (Å²) in [5.41, 5.74) is 13.8. The summed E-state index contributed by atoms with van der Waals surface area (Å²) in [4.78, 5) is 5.26. The minimum atomic E-state index is -0.479. The molecule has 0 atom stereocenters. The fraction of sp³-hybridized carbons (Fsp3) is 0.0222. The number of nitrogens with zero attached hydrogens (tertiary/aromatic N) is 2. The number of thiophene rings is 2. The molecule has 1 aliphatic carbocycles. The van der Waals surface area contributed by atoms with Crippen molar-refractivity contribution < 1.29 is 4.42 Å². The van der Waals surface area contributed by atoms with Crippen LogP contribution < -0.4 is 4.90 Å². The van der Waals surface area contributed by atoms with Crippen molar-refractivity contribution in [2.24, 2.45) is 0 Å². The van der Waals surface area contributed by atoms with E-state index in [1.54, 1.807) is 0 Å². The van der Waals surface area contributed by atoms with Gasteiger partial charge in [0, 0.05) is 48.2 Å². The lowest BCUT2D eigenvalue weighted by molar-refractivity contribution is 0.667. The number of hydrogen-bond acceptors (Lipinski definition) is 4. The molecular weight excluding hydrogens is 649 g/mol. The van der Waals surface area contributed by atoms with E-state index in [1.165, 1.54) is 70.6 Å². The lowest BCUT2D eigenvalue weighted by atomic mass is 9.64. The number of fused-ring (bicyclic) bond motifs is 16. The average Bonchev–Trinajstić information content (AvgIpc) is 4.00. The van der Waals surface area contributed by atoms with Gasteiger partial charge in [-0.3, -0.25) is 0 Å². The Bertz CT molecular complexity index is 2970. The van der Waals surface area contributed by atoms with Gasteiger partial charge in [0.05, 0.1) is 27.8 Å². The Morgan fingerprint density at radius 1 is 0.480 bits per heavy atom. The van der Waals surface area contributed by atoms with Crippen molar-refractivity contribution in [1.29, 1.82) is 0 Å². The second-order valence-electron chi connectivity index (χ2n) is 13.2. The smallest absolute Gasteiger partial charge is 0.135 e. The highest BCUT2D eigenvalue weighted by molar-refractivity contribution is 7.21. The standard InChI is InChI=1S/C45H26N2OS2/c1-2-10-27(11-3-1)46-35-15-7-4-12-29(35)31-26-28(18-19-36(31)46)47-37-16-8-6-14-32(37)45(33-22-24-49-43(33)44-34(45)23-25-50-44)42-38(47)20-21-40-41(42)30-13-5-9-17-39(30)48-40/h1-26H. The third-order valence-corrected chi connectivity index (χ3v) is 13.0. The molecule has 6 aromatic carbocycles. The molecule has 0 radical (unpaired) electrons. The lowest BCUT2D eigenvalue weighted by Crippen LogP contribution is -2.36. The van der Waals surface area contributed by atoms with E-state index in [2.05, 4.69) is 166 Å². The van der Waals surface area contributed by atoms with Crippen LogP contribution in [0.2, 0.25) is 0 Å². The topological polar surface area (TPSA) is 21.3 Å². The van der Waals surface area contributed by atoms with Gasteiger partial charge in [0.1, 0.15) is 11.2 Å². The molecule has 3 nitrogen and oxygen atoms in total. The average molecular weight is 675 g/mol. The van der Waals surface area contributed by atoms with Crippen LogP contribution >= 0.6 is 22.7 Å². The molecule has 5 heteroatoms. The van der Waals surface area contributed by atoms with Crippen LogP contribution in [0.4, 0.5) is 17.1 Å². The molecule has 0 amide bonds. The van der Waals surface area contributed by atoms with Crippen molar-refractivity contribution in [2.45, 2.75) is 5.41 Å². The number of furan rings is 1. The van der Waals surface area contributed by atoms with E-state index >= 15 is 0 Å². The third kappa shape index (κ3) is 3.20. The Kier molecular flexibility index (Phi) is 5.20. The molecule has 0 fully saturated rings. The Balaban J connectivity index is 1.22. The van der Waals surface area contributed by atoms with Crippen LogP contribution in [0.25, 0.3) is 59.2 Å². The molecule has 0 bridgehead atoms. The van der Waals surface area contributed by atoms with Crippen molar-refractivity contribution in [1.82, 2.24) is 4.57 Å². The molecule has 10 aromatic rings. The van der Waals surface area contributed by atoms with Gasteiger partial charge < -0.3 is 13.9 Å². The summed E-state index contributed by atoms with van der Waals surface area (Å²) in [5.74, 6) is 0. The van der Waals surface area contributed by atoms with E-state index < -0.39 is 5.41 Å². The van der Waals surface area contributed by atoms with E-state index in [4.69, 9.17) is 4.42 Å². The van der Waals surface area contributed by atoms with Crippen molar-refractivity contribution >= 4 is 83.5 Å². The van der Waals surface area contributed by atoms with Crippen LogP contribution in [-0.2, 0) is 5.41 Å². The molecule has 5 heterocycles. The summed E-state index contributed by atoms with van der Waals surface area (Å²) in [6, 6.07) is 53.3. The molecule has 50 heavy (non-hydrogen) atoms.